The van der Waals surface area contributed by atoms with Crippen molar-refractivity contribution in [1.82, 2.24) is 15.5 Å². The average Bonchev–Trinajstić information content (AvgIpc) is 3.29. The Morgan fingerprint density at radius 3 is 2.48 bits per heavy atom. The lowest BCUT2D eigenvalue weighted by atomic mass is 10.2. The number of anilines is 1. The van der Waals surface area contributed by atoms with Gasteiger partial charge in [0, 0.05) is 24.6 Å². The number of hydrogen-bond acceptors (Lipinski definition) is 8. The zero-order valence-corrected chi connectivity index (χ0v) is 19.5. The van der Waals surface area contributed by atoms with Crippen LogP contribution in [0.2, 0.25) is 0 Å². The SMILES string of the molecule is COc1ccc(-c2noc(CNC(=O)CCCN(c3cccc(OC)c3)S(C)(=O)=O)n2)cc1. The fourth-order valence-electron chi connectivity index (χ4n) is 3.08. The Balaban J connectivity index is 1.51. The van der Waals surface area contributed by atoms with Gasteiger partial charge in [-0.3, -0.25) is 9.10 Å². The first-order chi connectivity index (χ1) is 15.8. The Morgan fingerprint density at radius 1 is 1.09 bits per heavy atom. The molecule has 1 amide bonds. The average molecular weight is 475 g/mol. The molecule has 0 aliphatic heterocycles. The van der Waals surface area contributed by atoms with Gasteiger partial charge in [0.1, 0.15) is 11.5 Å². The molecule has 0 saturated heterocycles. The highest BCUT2D eigenvalue weighted by molar-refractivity contribution is 7.92. The zero-order chi connectivity index (χ0) is 23.8. The van der Waals surface area contributed by atoms with E-state index in [-0.39, 0.29) is 31.3 Å². The normalized spacial score (nSPS) is 11.1. The number of methoxy groups -OCH3 is 2. The zero-order valence-electron chi connectivity index (χ0n) is 18.6. The molecule has 0 spiro atoms. The molecular weight excluding hydrogens is 448 g/mol. The van der Waals surface area contributed by atoms with Crippen molar-refractivity contribution in [1.29, 1.82) is 0 Å². The van der Waals surface area contributed by atoms with Crippen LogP contribution in [-0.2, 0) is 21.4 Å². The van der Waals surface area contributed by atoms with E-state index in [1.165, 1.54) is 11.4 Å². The number of carbonyl (C=O) groups is 1. The minimum absolute atomic E-state index is 0.0770. The summed E-state index contributed by atoms with van der Waals surface area (Å²) < 4.78 is 41.2. The number of hydrogen-bond donors (Lipinski definition) is 1. The number of carbonyl (C=O) groups excluding carboxylic acids is 1. The van der Waals surface area contributed by atoms with E-state index in [0.29, 0.717) is 23.7 Å². The van der Waals surface area contributed by atoms with Crippen LogP contribution in [-0.4, -0.2) is 51.5 Å². The summed E-state index contributed by atoms with van der Waals surface area (Å²) in [7, 11) is -0.423. The second-order valence-corrected chi connectivity index (χ2v) is 9.06. The van der Waals surface area contributed by atoms with Crippen molar-refractivity contribution in [3.8, 4) is 22.9 Å². The molecule has 33 heavy (non-hydrogen) atoms. The largest absolute Gasteiger partial charge is 0.497 e. The fourth-order valence-corrected chi connectivity index (χ4v) is 4.04. The second kappa shape index (κ2) is 10.8. The van der Waals surface area contributed by atoms with Crippen LogP contribution in [0.15, 0.2) is 53.1 Å². The van der Waals surface area contributed by atoms with Crippen LogP contribution in [0.5, 0.6) is 11.5 Å². The summed E-state index contributed by atoms with van der Waals surface area (Å²) in [6.45, 7) is 0.231. The predicted octanol–water partition coefficient (Wildman–Crippen LogP) is 2.62. The molecule has 11 heteroatoms. The number of rotatable bonds is 11. The Morgan fingerprint density at radius 2 is 1.82 bits per heavy atom. The van der Waals surface area contributed by atoms with Crippen molar-refractivity contribution in [2.24, 2.45) is 0 Å². The topological polar surface area (TPSA) is 124 Å². The fraction of sp³-hybridized carbons (Fsp3) is 0.318. The van der Waals surface area contributed by atoms with Gasteiger partial charge in [-0.05, 0) is 42.8 Å². The number of benzene rings is 2. The maximum atomic E-state index is 12.2. The number of sulfonamides is 1. The number of amides is 1. The van der Waals surface area contributed by atoms with Crippen LogP contribution in [0.1, 0.15) is 18.7 Å². The highest BCUT2D eigenvalue weighted by atomic mass is 32.2. The van der Waals surface area contributed by atoms with Gasteiger partial charge in [-0.25, -0.2) is 8.42 Å². The van der Waals surface area contributed by atoms with Crippen LogP contribution in [0.4, 0.5) is 5.69 Å². The third-order valence-electron chi connectivity index (χ3n) is 4.76. The van der Waals surface area contributed by atoms with Gasteiger partial charge in [-0.15, -0.1) is 0 Å². The standard InChI is InChI=1S/C22H26N4O6S/c1-30-18-11-9-16(10-12-18)22-24-21(32-25-22)15-23-20(27)8-5-13-26(33(3,28)29)17-6-4-7-19(14-17)31-2/h4,6-7,9-12,14H,5,8,13,15H2,1-3H3,(H,23,27). The lowest BCUT2D eigenvalue weighted by molar-refractivity contribution is -0.121. The summed E-state index contributed by atoms with van der Waals surface area (Å²) in [5, 5.41) is 6.63. The van der Waals surface area contributed by atoms with E-state index in [1.54, 1.807) is 43.5 Å². The molecule has 0 bridgehead atoms. The highest BCUT2D eigenvalue weighted by Gasteiger charge is 2.18. The van der Waals surface area contributed by atoms with Crippen LogP contribution in [0.3, 0.4) is 0 Å². The van der Waals surface area contributed by atoms with Crippen molar-refractivity contribution in [3.05, 3.63) is 54.4 Å². The minimum Gasteiger partial charge on any atom is -0.497 e. The smallest absolute Gasteiger partial charge is 0.246 e. The lowest BCUT2D eigenvalue weighted by Gasteiger charge is -2.22. The van der Waals surface area contributed by atoms with Gasteiger partial charge >= 0.3 is 0 Å². The van der Waals surface area contributed by atoms with E-state index in [2.05, 4.69) is 15.5 Å². The van der Waals surface area contributed by atoms with Crippen LogP contribution >= 0.6 is 0 Å². The van der Waals surface area contributed by atoms with Crippen molar-refractivity contribution in [3.63, 3.8) is 0 Å². The minimum atomic E-state index is -3.52. The molecule has 176 valence electrons. The maximum absolute atomic E-state index is 12.2. The third kappa shape index (κ3) is 6.69. The van der Waals surface area contributed by atoms with Crippen molar-refractivity contribution in [2.75, 3.05) is 31.3 Å². The number of nitrogens with one attached hydrogen (secondary N) is 1. The van der Waals surface area contributed by atoms with Gasteiger partial charge in [-0.2, -0.15) is 4.98 Å². The van der Waals surface area contributed by atoms with E-state index in [4.69, 9.17) is 14.0 Å². The van der Waals surface area contributed by atoms with Gasteiger partial charge in [0.25, 0.3) is 0 Å². The van der Waals surface area contributed by atoms with Crippen LogP contribution in [0.25, 0.3) is 11.4 Å². The van der Waals surface area contributed by atoms with Crippen molar-refractivity contribution in [2.45, 2.75) is 19.4 Å². The van der Waals surface area contributed by atoms with Crippen LogP contribution in [0, 0.1) is 0 Å². The van der Waals surface area contributed by atoms with E-state index in [0.717, 1.165) is 17.6 Å². The van der Waals surface area contributed by atoms with E-state index >= 15 is 0 Å². The van der Waals surface area contributed by atoms with Gasteiger partial charge in [0.2, 0.25) is 27.6 Å². The molecular formula is C22H26N4O6S. The lowest BCUT2D eigenvalue weighted by Crippen LogP contribution is -2.32. The molecule has 1 aromatic heterocycles. The monoisotopic (exact) mass is 474 g/mol. The Kier molecular flexibility index (Phi) is 7.88. The first kappa shape index (κ1) is 24.1. The maximum Gasteiger partial charge on any atom is 0.246 e. The molecule has 2 aromatic carbocycles. The van der Waals surface area contributed by atoms with Crippen LogP contribution < -0.4 is 19.1 Å². The molecule has 1 heterocycles. The van der Waals surface area contributed by atoms with Crippen molar-refractivity contribution < 1.29 is 27.2 Å². The first-order valence-corrected chi connectivity index (χ1v) is 12.0. The number of ether oxygens (including phenoxy) is 2. The summed E-state index contributed by atoms with van der Waals surface area (Å²) in [5.41, 5.74) is 1.24. The molecule has 1 N–H and O–H groups in total. The molecule has 0 unspecified atom stereocenters. The Labute approximate surface area is 192 Å². The number of aromatic nitrogens is 2. The predicted molar refractivity (Wildman–Crippen MR) is 123 cm³/mol. The molecule has 0 aliphatic carbocycles. The molecule has 0 radical (unpaired) electrons. The highest BCUT2D eigenvalue weighted by Crippen LogP contribution is 2.23. The third-order valence-corrected chi connectivity index (χ3v) is 5.95. The van der Waals surface area contributed by atoms with E-state index in [1.807, 2.05) is 12.1 Å². The van der Waals surface area contributed by atoms with Gasteiger partial charge in [0.15, 0.2) is 0 Å². The Bertz CT molecular complexity index is 1180. The summed E-state index contributed by atoms with van der Waals surface area (Å²) >= 11 is 0. The molecule has 0 saturated carbocycles. The molecule has 0 aliphatic rings. The van der Waals surface area contributed by atoms with Crippen molar-refractivity contribution >= 4 is 21.6 Å². The summed E-state index contributed by atoms with van der Waals surface area (Å²) in [6, 6.07) is 14.0. The van der Waals surface area contributed by atoms with Gasteiger partial charge in [-0.1, -0.05) is 11.2 Å². The molecule has 0 atom stereocenters. The first-order valence-electron chi connectivity index (χ1n) is 10.2. The van der Waals surface area contributed by atoms with E-state index < -0.39 is 10.0 Å². The van der Waals surface area contributed by atoms with Gasteiger partial charge in [0.05, 0.1) is 32.7 Å². The molecule has 0 fully saturated rings. The quantitative estimate of drug-likeness (QED) is 0.450. The molecule has 10 nitrogen and oxygen atoms in total. The number of nitrogens with zero attached hydrogens (tertiary/aromatic N) is 3. The Hall–Kier alpha value is -3.60. The summed E-state index contributed by atoms with van der Waals surface area (Å²) in [6.07, 6.45) is 1.59. The van der Waals surface area contributed by atoms with E-state index in [9.17, 15) is 13.2 Å². The summed E-state index contributed by atoms with van der Waals surface area (Å²) in [5.74, 6) is 1.69. The van der Waals surface area contributed by atoms with Gasteiger partial charge < -0.3 is 19.3 Å². The molecule has 3 aromatic rings. The molecule has 3 rings (SSSR count). The summed E-state index contributed by atoms with van der Waals surface area (Å²) in [4.78, 5) is 16.5. The second-order valence-electron chi connectivity index (χ2n) is 7.16.